The molecule has 6 nitrogen and oxygen atoms in total. The summed E-state index contributed by atoms with van der Waals surface area (Å²) < 4.78 is 7.87. The minimum absolute atomic E-state index is 0.0673. The van der Waals surface area contributed by atoms with E-state index in [9.17, 15) is 5.11 Å². The molecule has 1 unspecified atom stereocenters. The third-order valence-electron chi connectivity index (χ3n) is 4.23. The van der Waals surface area contributed by atoms with Crippen LogP contribution >= 0.6 is 0 Å². The quantitative estimate of drug-likeness (QED) is 0.751. The summed E-state index contributed by atoms with van der Waals surface area (Å²) in [4.78, 5) is 9.17. The standard InChI is InChI=1S/C16H18N4O2/c17-16-14-15(11-3-1-2-4-12(11)18-16)20-10(5-7-21)9-22-8-6-13(20)19-14/h1-4,10,21H,5-9H2,(H2,17,18). The van der Waals surface area contributed by atoms with Gasteiger partial charge in [-0.25, -0.2) is 9.97 Å². The fourth-order valence-corrected chi connectivity index (χ4v) is 3.26. The minimum atomic E-state index is 0.0673. The predicted octanol–water partition coefficient (Wildman–Crippen LogP) is 1.66. The number of benzene rings is 1. The third kappa shape index (κ3) is 1.95. The summed E-state index contributed by atoms with van der Waals surface area (Å²) >= 11 is 0. The highest BCUT2D eigenvalue weighted by atomic mass is 16.5. The van der Waals surface area contributed by atoms with Gasteiger partial charge in [-0.2, -0.15) is 0 Å². The highest BCUT2D eigenvalue weighted by Crippen LogP contribution is 2.33. The van der Waals surface area contributed by atoms with E-state index in [1.165, 1.54) is 0 Å². The minimum Gasteiger partial charge on any atom is -0.396 e. The summed E-state index contributed by atoms with van der Waals surface area (Å²) in [7, 11) is 0. The lowest BCUT2D eigenvalue weighted by Crippen LogP contribution is -2.16. The summed E-state index contributed by atoms with van der Waals surface area (Å²) in [6.45, 7) is 1.33. The number of imidazole rings is 1. The molecule has 0 aliphatic carbocycles. The van der Waals surface area contributed by atoms with Crippen LogP contribution in [0.1, 0.15) is 18.3 Å². The van der Waals surface area contributed by atoms with Gasteiger partial charge >= 0.3 is 0 Å². The molecule has 1 aliphatic heterocycles. The number of nitrogens with zero attached hydrogens (tertiary/aromatic N) is 3. The Morgan fingerprint density at radius 1 is 1.32 bits per heavy atom. The van der Waals surface area contributed by atoms with Crippen molar-refractivity contribution in [1.29, 1.82) is 0 Å². The summed E-state index contributed by atoms with van der Waals surface area (Å²) in [5.41, 5.74) is 8.74. The SMILES string of the molecule is Nc1nc2ccccc2c2c1nc1n2C(CCO)COCC1. The molecule has 3 aromatic rings. The fraction of sp³-hybridized carbons (Fsp3) is 0.375. The zero-order valence-electron chi connectivity index (χ0n) is 12.2. The summed E-state index contributed by atoms with van der Waals surface area (Å²) in [5.74, 6) is 1.41. The second kappa shape index (κ2) is 5.23. The molecule has 0 radical (unpaired) electrons. The van der Waals surface area contributed by atoms with E-state index >= 15 is 0 Å². The molecule has 1 atom stereocenters. The van der Waals surface area contributed by atoms with Crippen LogP contribution in [0.3, 0.4) is 0 Å². The van der Waals surface area contributed by atoms with Crippen LogP contribution in [-0.2, 0) is 11.2 Å². The smallest absolute Gasteiger partial charge is 0.152 e. The Balaban J connectivity index is 2.10. The third-order valence-corrected chi connectivity index (χ3v) is 4.23. The van der Waals surface area contributed by atoms with E-state index in [1.54, 1.807) is 0 Å². The number of anilines is 1. The highest BCUT2D eigenvalue weighted by Gasteiger charge is 2.24. The van der Waals surface area contributed by atoms with Crippen molar-refractivity contribution < 1.29 is 9.84 Å². The van der Waals surface area contributed by atoms with Crippen LogP contribution in [0.5, 0.6) is 0 Å². The Labute approximate surface area is 127 Å². The molecule has 3 N–H and O–H groups in total. The molecule has 1 aliphatic rings. The highest BCUT2D eigenvalue weighted by molar-refractivity contribution is 6.06. The van der Waals surface area contributed by atoms with Gasteiger partial charge in [0.2, 0.25) is 0 Å². The Hall–Kier alpha value is -2.18. The second-order valence-corrected chi connectivity index (χ2v) is 5.60. The molecule has 0 amide bonds. The topological polar surface area (TPSA) is 86.2 Å². The van der Waals surface area contributed by atoms with E-state index in [0.29, 0.717) is 25.5 Å². The van der Waals surface area contributed by atoms with Gasteiger partial charge in [0.15, 0.2) is 5.82 Å². The molecule has 0 spiro atoms. The molecule has 6 heteroatoms. The predicted molar refractivity (Wildman–Crippen MR) is 84.7 cm³/mol. The Bertz CT molecular complexity index is 843. The van der Waals surface area contributed by atoms with E-state index in [2.05, 4.69) is 9.55 Å². The molecule has 3 heterocycles. The molecule has 0 fully saturated rings. The lowest BCUT2D eigenvalue weighted by Gasteiger charge is -2.18. The van der Waals surface area contributed by atoms with E-state index in [1.807, 2.05) is 24.3 Å². The lowest BCUT2D eigenvalue weighted by molar-refractivity contribution is 0.108. The summed E-state index contributed by atoms with van der Waals surface area (Å²) in [6, 6.07) is 8.01. The van der Waals surface area contributed by atoms with Crippen molar-refractivity contribution in [3.05, 3.63) is 30.1 Å². The van der Waals surface area contributed by atoms with Crippen LogP contribution in [0.15, 0.2) is 24.3 Å². The first-order valence-electron chi connectivity index (χ1n) is 7.53. The van der Waals surface area contributed by atoms with Crippen molar-refractivity contribution >= 4 is 27.8 Å². The van der Waals surface area contributed by atoms with Crippen molar-refractivity contribution in [3.8, 4) is 0 Å². The number of aliphatic hydroxyl groups excluding tert-OH is 1. The zero-order valence-corrected chi connectivity index (χ0v) is 12.2. The van der Waals surface area contributed by atoms with Crippen LogP contribution in [0.2, 0.25) is 0 Å². The maximum Gasteiger partial charge on any atom is 0.152 e. The Kier molecular flexibility index (Phi) is 3.20. The van der Waals surface area contributed by atoms with Crippen LogP contribution in [0.25, 0.3) is 21.9 Å². The van der Waals surface area contributed by atoms with Crippen molar-refractivity contribution in [2.24, 2.45) is 0 Å². The van der Waals surface area contributed by atoms with Crippen LogP contribution in [-0.4, -0.2) is 39.5 Å². The van der Waals surface area contributed by atoms with Gasteiger partial charge in [-0.3, -0.25) is 0 Å². The van der Waals surface area contributed by atoms with Gasteiger partial charge in [-0.15, -0.1) is 0 Å². The zero-order chi connectivity index (χ0) is 15.1. The van der Waals surface area contributed by atoms with Gasteiger partial charge in [0, 0.05) is 18.4 Å². The molecule has 4 rings (SSSR count). The maximum atomic E-state index is 9.39. The number of ether oxygens (including phenoxy) is 1. The average molecular weight is 298 g/mol. The Morgan fingerprint density at radius 2 is 2.18 bits per heavy atom. The number of aromatic nitrogens is 3. The Morgan fingerprint density at radius 3 is 3.05 bits per heavy atom. The molecular formula is C16H18N4O2. The van der Waals surface area contributed by atoms with E-state index in [0.717, 1.165) is 34.2 Å². The second-order valence-electron chi connectivity index (χ2n) is 5.60. The van der Waals surface area contributed by atoms with Crippen LogP contribution in [0.4, 0.5) is 5.82 Å². The first-order chi connectivity index (χ1) is 10.8. The lowest BCUT2D eigenvalue weighted by atomic mass is 10.1. The molecular weight excluding hydrogens is 280 g/mol. The molecule has 0 saturated carbocycles. The van der Waals surface area contributed by atoms with Crippen molar-refractivity contribution in [3.63, 3.8) is 0 Å². The summed E-state index contributed by atoms with van der Waals surface area (Å²) in [5, 5.41) is 10.4. The van der Waals surface area contributed by atoms with Crippen LogP contribution in [0, 0.1) is 0 Å². The monoisotopic (exact) mass is 298 g/mol. The van der Waals surface area contributed by atoms with Crippen LogP contribution < -0.4 is 5.73 Å². The van der Waals surface area contributed by atoms with Crippen molar-refractivity contribution in [2.75, 3.05) is 25.6 Å². The normalized spacial score (nSPS) is 18.5. The largest absolute Gasteiger partial charge is 0.396 e. The maximum absolute atomic E-state index is 9.39. The number of aliphatic hydroxyl groups is 1. The molecule has 0 saturated heterocycles. The first-order valence-corrected chi connectivity index (χ1v) is 7.53. The van der Waals surface area contributed by atoms with Gasteiger partial charge in [-0.05, 0) is 12.5 Å². The van der Waals surface area contributed by atoms with Gasteiger partial charge < -0.3 is 20.1 Å². The van der Waals surface area contributed by atoms with E-state index in [-0.39, 0.29) is 12.6 Å². The first kappa shape index (κ1) is 13.5. The molecule has 0 bridgehead atoms. The number of rotatable bonds is 2. The summed E-state index contributed by atoms with van der Waals surface area (Å²) in [6.07, 6.45) is 1.37. The molecule has 2 aromatic heterocycles. The van der Waals surface area contributed by atoms with E-state index < -0.39 is 0 Å². The molecule has 114 valence electrons. The van der Waals surface area contributed by atoms with E-state index in [4.69, 9.17) is 15.5 Å². The van der Waals surface area contributed by atoms with Gasteiger partial charge in [0.1, 0.15) is 11.3 Å². The number of para-hydroxylation sites is 1. The molecule has 22 heavy (non-hydrogen) atoms. The van der Waals surface area contributed by atoms with Crippen molar-refractivity contribution in [2.45, 2.75) is 18.9 Å². The number of pyridine rings is 1. The number of fused-ring (bicyclic) bond motifs is 5. The number of nitrogen functional groups attached to an aromatic ring is 1. The number of hydrogen-bond acceptors (Lipinski definition) is 5. The number of hydrogen-bond donors (Lipinski definition) is 2. The average Bonchev–Trinajstić information content (AvgIpc) is 2.80. The van der Waals surface area contributed by atoms with Crippen molar-refractivity contribution in [1.82, 2.24) is 14.5 Å². The number of nitrogens with two attached hydrogens (primary N) is 1. The van der Waals surface area contributed by atoms with Gasteiger partial charge in [0.25, 0.3) is 0 Å². The molecule has 1 aromatic carbocycles. The van der Waals surface area contributed by atoms with Gasteiger partial charge in [0.05, 0.1) is 30.3 Å². The van der Waals surface area contributed by atoms with Gasteiger partial charge in [-0.1, -0.05) is 18.2 Å². The fourth-order valence-electron chi connectivity index (χ4n) is 3.26.